The van der Waals surface area contributed by atoms with Crippen molar-refractivity contribution in [3.8, 4) is 0 Å². The van der Waals surface area contributed by atoms with E-state index in [1.165, 1.54) is 6.07 Å². The number of fused-ring (bicyclic) bond motifs is 1. The van der Waals surface area contributed by atoms with E-state index in [9.17, 15) is 9.59 Å². The molecule has 0 saturated carbocycles. The van der Waals surface area contributed by atoms with Gasteiger partial charge in [-0.05, 0) is 30.7 Å². The Bertz CT molecular complexity index is 614. The number of ketones is 1. The number of aromatic nitrogens is 1. The molecule has 1 aromatic heterocycles. The zero-order valence-electron chi connectivity index (χ0n) is 8.91. The highest BCUT2D eigenvalue weighted by molar-refractivity contribution is 6.00. The van der Waals surface area contributed by atoms with Crippen molar-refractivity contribution in [2.75, 3.05) is 6.54 Å². The minimum absolute atomic E-state index is 0.00604. The predicted molar refractivity (Wildman–Crippen MR) is 62.7 cm³/mol. The normalized spacial score (nSPS) is 10.6. The maximum absolute atomic E-state index is 11.4. The van der Waals surface area contributed by atoms with Crippen molar-refractivity contribution < 1.29 is 4.79 Å². The number of aryl methyl sites for hydroxylation is 1. The molecule has 0 radical (unpaired) electrons. The van der Waals surface area contributed by atoms with Gasteiger partial charge in [0.1, 0.15) is 0 Å². The van der Waals surface area contributed by atoms with Gasteiger partial charge in [-0.15, -0.1) is 0 Å². The number of carbonyl (C=O) groups is 1. The summed E-state index contributed by atoms with van der Waals surface area (Å²) in [6.07, 6.45) is 0. The van der Waals surface area contributed by atoms with Gasteiger partial charge in [-0.1, -0.05) is 0 Å². The van der Waals surface area contributed by atoms with Crippen LogP contribution in [0.1, 0.15) is 15.9 Å². The minimum Gasteiger partial charge on any atom is -0.324 e. The lowest BCUT2D eigenvalue weighted by atomic mass is 10.0. The van der Waals surface area contributed by atoms with Crippen molar-refractivity contribution in [1.29, 1.82) is 0 Å². The smallest absolute Gasteiger partial charge is 0.248 e. The van der Waals surface area contributed by atoms with Crippen molar-refractivity contribution in [2.24, 2.45) is 5.73 Å². The van der Waals surface area contributed by atoms with Gasteiger partial charge in [0.15, 0.2) is 5.78 Å². The average Bonchev–Trinajstić information content (AvgIpc) is 2.27. The first kappa shape index (κ1) is 10.6. The second-order valence-corrected chi connectivity index (χ2v) is 3.70. The molecule has 4 nitrogen and oxygen atoms in total. The molecule has 82 valence electrons. The van der Waals surface area contributed by atoms with Crippen LogP contribution >= 0.6 is 0 Å². The molecular formula is C12H12N2O2. The van der Waals surface area contributed by atoms with E-state index in [2.05, 4.69) is 4.98 Å². The molecule has 0 aliphatic rings. The van der Waals surface area contributed by atoms with E-state index in [-0.39, 0.29) is 17.9 Å². The number of hydrogen-bond donors (Lipinski definition) is 2. The van der Waals surface area contributed by atoms with Crippen LogP contribution in [0.15, 0.2) is 29.1 Å². The van der Waals surface area contributed by atoms with Gasteiger partial charge >= 0.3 is 0 Å². The molecule has 0 aliphatic heterocycles. The summed E-state index contributed by atoms with van der Waals surface area (Å²) in [6.45, 7) is 1.84. The predicted octanol–water partition coefficient (Wildman–Crippen LogP) is 0.978. The van der Waals surface area contributed by atoms with Gasteiger partial charge in [0.2, 0.25) is 5.56 Å². The fraction of sp³-hybridized carbons (Fsp3) is 0.167. The van der Waals surface area contributed by atoms with E-state index in [0.29, 0.717) is 5.56 Å². The molecule has 0 atom stereocenters. The number of hydrogen-bond acceptors (Lipinski definition) is 3. The third kappa shape index (κ3) is 1.75. The lowest BCUT2D eigenvalue weighted by Crippen LogP contribution is -2.13. The molecule has 0 saturated heterocycles. The van der Waals surface area contributed by atoms with Gasteiger partial charge in [-0.2, -0.15) is 0 Å². The van der Waals surface area contributed by atoms with E-state index in [0.717, 1.165) is 16.5 Å². The molecule has 1 heterocycles. The van der Waals surface area contributed by atoms with Gasteiger partial charge in [-0.3, -0.25) is 9.59 Å². The maximum atomic E-state index is 11.4. The average molecular weight is 216 g/mol. The highest BCUT2D eigenvalue weighted by Crippen LogP contribution is 2.16. The molecule has 16 heavy (non-hydrogen) atoms. The summed E-state index contributed by atoms with van der Waals surface area (Å²) in [6, 6.07) is 6.67. The summed E-state index contributed by atoms with van der Waals surface area (Å²) in [5, 5.41) is 0.874. The van der Waals surface area contributed by atoms with Crippen molar-refractivity contribution in [1.82, 2.24) is 4.98 Å². The number of nitrogens with one attached hydrogen (secondary N) is 1. The Morgan fingerprint density at radius 2 is 2.12 bits per heavy atom. The lowest BCUT2D eigenvalue weighted by molar-refractivity contribution is 0.100. The third-order valence-corrected chi connectivity index (χ3v) is 2.56. The lowest BCUT2D eigenvalue weighted by Gasteiger charge is -2.04. The van der Waals surface area contributed by atoms with E-state index in [4.69, 9.17) is 5.73 Å². The fourth-order valence-corrected chi connectivity index (χ4v) is 1.71. The highest BCUT2D eigenvalue weighted by atomic mass is 16.1. The number of carbonyl (C=O) groups excluding carboxylic acids is 1. The Morgan fingerprint density at radius 1 is 1.38 bits per heavy atom. The molecule has 4 heteroatoms. The number of pyridine rings is 1. The van der Waals surface area contributed by atoms with Crippen LogP contribution in [-0.4, -0.2) is 17.3 Å². The molecule has 0 bridgehead atoms. The summed E-state index contributed by atoms with van der Waals surface area (Å²) in [5.41, 5.74) is 7.33. The van der Waals surface area contributed by atoms with Crippen LogP contribution in [0.4, 0.5) is 0 Å². The fourth-order valence-electron chi connectivity index (χ4n) is 1.71. The number of Topliss-reactive ketones (excluding diaryl/α,β-unsaturated/α-hetero) is 1. The molecule has 1 aromatic carbocycles. The Labute approximate surface area is 92.1 Å². The first-order valence-electron chi connectivity index (χ1n) is 4.99. The monoisotopic (exact) mass is 216 g/mol. The second kappa shape index (κ2) is 3.90. The maximum Gasteiger partial charge on any atom is 0.248 e. The molecule has 3 N–H and O–H groups in total. The van der Waals surface area contributed by atoms with E-state index >= 15 is 0 Å². The van der Waals surface area contributed by atoms with Crippen LogP contribution in [-0.2, 0) is 0 Å². The quantitative estimate of drug-likeness (QED) is 0.734. The standard InChI is InChI=1S/C12H12N2O2/c1-7-4-12(16)14-10-3-2-8(5-9(7)10)11(15)6-13/h2-5H,6,13H2,1H3,(H,14,16). The molecule has 0 fully saturated rings. The number of rotatable bonds is 2. The highest BCUT2D eigenvalue weighted by Gasteiger charge is 2.06. The van der Waals surface area contributed by atoms with E-state index in [1.807, 2.05) is 6.92 Å². The molecule has 2 rings (SSSR count). The number of H-pyrrole nitrogens is 1. The first-order chi connectivity index (χ1) is 7.61. The largest absolute Gasteiger partial charge is 0.324 e. The SMILES string of the molecule is Cc1cc(=O)[nH]c2ccc(C(=O)CN)cc12. The van der Waals surface area contributed by atoms with Crippen molar-refractivity contribution in [3.63, 3.8) is 0 Å². The third-order valence-electron chi connectivity index (χ3n) is 2.56. The van der Waals surface area contributed by atoms with Gasteiger partial charge < -0.3 is 10.7 Å². The number of nitrogens with two attached hydrogens (primary N) is 1. The second-order valence-electron chi connectivity index (χ2n) is 3.70. The van der Waals surface area contributed by atoms with Crippen molar-refractivity contribution >= 4 is 16.7 Å². The van der Waals surface area contributed by atoms with Crippen LogP contribution < -0.4 is 11.3 Å². The summed E-state index contributed by atoms with van der Waals surface area (Å²) < 4.78 is 0. The van der Waals surface area contributed by atoms with E-state index in [1.54, 1.807) is 18.2 Å². The Hall–Kier alpha value is -1.94. The molecule has 0 unspecified atom stereocenters. The van der Waals surface area contributed by atoms with Gasteiger partial charge in [0.25, 0.3) is 0 Å². The Morgan fingerprint density at radius 3 is 2.81 bits per heavy atom. The van der Waals surface area contributed by atoms with Crippen LogP contribution in [0.3, 0.4) is 0 Å². The van der Waals surface area contributed by atoms with E-state index < -0.39 is 0 Å². The van der Waals surface area contributed by atoms with Crippen LogP contribution in [0.2, 0.25) is 0 Å². The minimum atomic E-state index is -0.136. The Kier molecular flexibility index (Phi) is 2.58. The molecule has 0 amide bonds. The van der Waals surface area contributed by atoms with Crippen molar-refractivity contribution in [3.05, 3.63) is 45.7 Å². The molecule has 0 aliphatic carbocycles. The van der Waals surface area contributed by atoms with Gasteiger partial charge in [0, 0.05) is 22.5 Å². The van der Waals surface area contributed by atoms with Gasteiger partial charge in [-0.25, -0.2) is 0 Å². The van der Waals surface area contributed by atoms with Gasteiger partial charge in [0.05, 0.1) is 6.54 Å². The summed E-state index contributed by atoms with van der Waals surface area (Å²) >= 11 is 0. The first-order valence-corrected chi connectivity index (χ1v) is 4.99. The van der Waals surface area contributed by atoms with Crippen molar-refractivity contribution in [2.45, 2.75) is 6.92 Å². The van der Waals surface area contributed by atoms with Crippen LogP contribution in [0.5, 0.6) is 0 Å². The molecular weight excluding hydrogens is 204 g/mol. The molecule has 0 spiro atoms. The topological polar surface area (TPSA) is 76.0 Å². The van der Waals surface area contributed by atoms with Crippen LogP contribution in [0, 0.1) is 6.92 Å². The molecule has 2 aromatic rings. The summed E-state index contributed by atoms with van der Waals surface area (Å²) in [7, 11) is 0. The number of benzene rings is 1. The zero-order chi connectivity index (χ0) is 11.7. The number of aromatic amines is 1. The summed E-state index contributed by atoms with van der Waals surface area (Å²) in [4.78, 5) is 25.4. The zero-order valence-corrected chi connectivity index (χ0v) is 8.91. The van der Waals surface area contributed by atoms with Crippen LogP contribution in [0.25, 0.3) is 10.9 Å². The Balaban J connectivity index is 2.71. The summed E-state index contributed by atoms with van der Waals surface area (Å²) in [5.74, 6) is -0.104.